The smallest absolute Gasteiger partial charge is 0.410 e. The fourth-order valence-electron chi connectivity index (χ4n) is 4.32. The van der Waals surface area contributed by atoms with E-state index >= 15 is 0 Å². The number of hydrogen-bond donors (Lipinski definition) is 0. The number of ether oxygens (including phenoxy) is 1. The van der Waals surface area contributed by atoms with E-state index < -0.39 is 5.60 Å². The van der Waals surface area contributed by atoms with Crippen LogP contribution in [-0.2, 0) is 4.74 Å². The molecule has 27 heavy (non-hydrogen) atoms. The predicted octanol–water partition coefficient (Wildman–Crippen LogP) is 5.16. The van der Waals surface area contributed by atoms with Gasteiger partial charge in [-0.25, -0.2) is 9.78 Å². The molecule has 142 valence electrons. The molecule has 2 fully saturated rings. The molecule has 6 heteroatoms. The van der Waals surface area contributed by atoms with Gasteiger partial charge in [-0.15, -0.1) is 0 Å². The summed E-state index contributed by atoms with van der Waals surface area (Å²) >= 11 is 3.43. The molecule has 4 heterocycles. The van der Waals surface area contributed by atoms with E-state index in [1.807, 2.05) is 56.3 Å². The van der Waals surface area contributed by atoms with Gasteiger partial charge in [0.05, 0.1) is 5.69 Å². The number of pyridine rings is 2. The second kappa shape index (κ2) is 6.89. The minimum Gasteiger partial charge on any atom is -0.444 e. The van der Waals surface area contributed by atoms with Gasteiger partial charge < -0.3 is 9.64 Å². The van der Waals surface area contributed by atoms with Crippen molar-refractivity contribution < 1.29 is 9.53 Å². The summed E-state index contributed by atoms with van der Waals surface area (Å²) in [5.41, 5.74) is 2.60. The zero-order valence-corrected chi connectivity index (χ0v) is 17.4. The van der Waals surface area contributed by atoms with Gasteiger partial charge in [-0.3, -0.25) is 4.98 Å². The minimum atomic E-state index is -0.470. The van der Waals surface area contributed by atoms with Gasteiger partial charge in [-0.05, 0) is 79.7 Å². The Hall–Kier alpha value is -1.95. The Balaban J connectivity index is 1.58. The topological polar surface area (TPSA) is 55.3 Å². The molecule has 0 unspecified atom stereocenters. The molecule has 4 rings (SSSR count). The highest BCUT2D eigenvalue weighted by Gasteiger charge is 2.50. The van der Waals surface area contributed by atoms with Crippen LogP contribution in [0.4, 0.5) is 4.79 Å². The van der Waals surface area contributed by atoms with Crippen molar-refractivity contribution in [2.75, 3.05) is 0 Å². The Morgan fingerprint density at radius 2 is 2.07 bits per heavy atom. The first kappa shape index (κ1) is 18.4. The number of halogens is 1. The van der Waals surface area contributed by atoms with Crippen LogP contribution in [0.25, 0.3) is 11.3 Å². The third-order valence-corrected chi connectivity index (χ3v) is 5.78. The number of nitrogens with zero attached hydrogens (tertiary/aromatic N) is 3. The van der Waals surface area contributed by atoms with Crippen LogP contribution in [0.5, 0.6) is 0 Å². The lowest BCUT2D eigenvalue weighted by atomic mass is 9.84. The van der Waals surface area contributed by atoms with Crippen molar-refractivity contribution in [3.63, 3.8) is 0 Å². The van der Waals surface area contributed by atoms with Crippen LogP contribution in [0.15, 0.2) is 41.3 Å². The van der Waals surface area contributed by atoms with E-state index in [9.17, 15) is 4.79 Å². The molecule has 0 N–H and O–H groups in total. The maximum atomic E-state index is 12.7. The summed E-state index contributed by atoms with van der Waals surface area (Å²) in [6.07, 6.45) is 6.64. The summed E-state index contributed by atoms with van der Waals surface area (Å²) in [6.45, 7) is 5.75. The van der Waals surface area contributed by atoms with Crippen molar-refractivity contribution in [2.45, 2.75) is 63.6 Å². The summed E-state index contributed by atoms with van der Waals surface area (Å²) in [4.78, 5) is 23.7. The Bertz CT molecular complexity index is 865. The van der Waals surface area contributed by atoms with Gasteiger partial charge in [0, 0.05) is 36.0 Å². The fourth-order valence-corrected chi connectivity index (χ4v) is 4.66. The van der Waals surface area contributed by atoms with E-state index in [0.29, 0.717) is 5.92 Å². The van der Waals surface area contributed by atoms with Crippen LogP contribution in [-0.4, -0.2) is 38.6 Å². The first-order valence-corrected chi connectivity index (χ1v) is 10.2. The van der Waals surface area contributed by atoms with Crippen LogP contribution in [0.3, 0.4) is 0 Å². The largest absolute Gasteiger partial charge is 0.444 e. The van der Waals surface area contributed by atoms with Crippen LogP contribution >= 0.6 is 15.9 Å². The third-order valence-electron chi connectivity index (χ3n) is 5.34. The monoisotopic (exact) mass is 429 g/mol. The molecule has 0 aliphatic carbocycles. The highest BCUT2D eigenvalue weighted by molar-refractivity contribution is 9.10. The zero-order chi connectivity index (χ0) is 19.2. The predicted molar refractivity (Wildman–Crippen MR) is 107 cm³/mol. The van der Waals surface area contributed by atoms with Gasteiger partial charge in [0.15, 0.2) is 0 Å². The Morgan fingerprint density at radius 3 is 2.81 bits per heavy atom. The molecule has 2 aliphatic heterocycles. The number of aromatic nitrogens is 2. The Morgan fingerprint density at radius 1 is 1.26 bits per heavy atom. The molecule has 2 aromatic heterocycles. The molecule has 2 saturated heterocycles. The van der Waals surface area contributed by atoms with E-state index in [-0.39, 0.29) is 18.2 Å². The molecule has 5 nitrogen and oxygen atoms in total. The van der Waals surface area contributed by atoms with Crippen molar-refractivity contribution in [3.05, 3.63) is 46.8 Å². The molecule has 0 radical (unpaired) electrons. The van der Waals surface area contributed by atoms with E-state index in [1.165, 1.54) is 5.56 Å². The first-order chi connectivity index (χ1) is 12.8. The second-order valence-corrected chi connectivity index (χ2v) is 9.19. The fraction of sp³-hybridized carbons (Fsp3) is 0.476. The Kier molecular flexibility index (Phi) is 4.70. The molecule has 1 amide bonds. The van der Waals surface area contributed by atoms with Crippen molar-refractivity contribution in [3.8, 4) is 11.3 Å². The lowest BCUT2D eigenvalue weighted by Gasteiger charge is -2.28. The molecule has 3 atom stereocenters. The van der Waals surface area contributed by atoms with Crippen LogP contribution < -0.4 is 0 Å². The lowest BCUT2D eigenvalue weighted by Crippen LogP contribution is -2.40. The summed E-state index contributed by atoms with van der Waals surface area (Å²) in [5, 5.41) is 0. The van der Waals surface area contributed by atoms with Crippen LogP contribution in [0, 0.1) is 0 Å². The summed E-state index contributed by atoms with van der Waals surface area (Å²) in [6, 6.07) is 8.50. The molecule has 2 aromatic rings. The lowest BCUT2D eigenvalue weighted by molar-refractivity contribution is 0.0213. The molecule has 2 bridgehead atoms. The van der Waals surface area contributed by atoms with Crippen molar-refractivity contribution in [2.24, 2.45) is 0 Å². The second-order valence-electron chi connectivity index (χ2n) is 8.38. The number of fused-ring (bicyclic) bond motifs is 2. The van der Waals surface area contributed by atoms with E-state index in [0.717, 1.165) is 35.1 Å². The van der Waals surface area contributed by atoms with Gasteiger partial charge in [-0.1, -0.05) is 6.07 Å². The molecular weight excluding hydrogens is 406 g/mol. The highest BCUT2D eigenvalue weighted by Crippen LogP contribution is 2.47. The van der Waals surface area contributed by atoms with Crippen molar-refractivity contribution in [1.29, 1.82) is 0 Å². The van der Waals surface area contributed by atoms with E-state index in [4.69, 9.17) is 4.74 Å². The number of hydrogen-bond acceptors (Lipinski definition) is 4. The van der Waals surface area contributed by atoms with Gasteiger partial charge in [0.2, 0.25) is 0 Å². The zero-order valence-electron chi connectivity index (χ0n) is 15.9. The van der Waals surface area contributed by atoms with E-state index in [2.05, 4.69) is 32.0 Å². The molecule has 0 saturated carbocycles. The highest BCUT2D eigenvalue weighted by atomic mass is 79.9. The normalized spacial score (nSPS) is 24.3. The number of rotatable bonds is 2. The first-order valence-electron chi connectivity index (χ1n) is 9.41. The van der Waals surface area contributed by atoms with Gasteiger partial charge in [0.25, 0.3) is 0 Å². The third kappa shape index (κ3) is 3.72. The van der Waals surface area contributed by atoms with Crippen LogP contribution in [0.2, 0.25) is 0 Å². The minimum absolute atomic E-state index is 0.185. The average Bonchev–Trinajstić information content (AvgIpc) is 3.19. The molecule has 0 aromatic carbocycles. The Labute approximate surface area is 168 Å². The van der Waals surface area contributed by atoms with Crippen molar-refractivity contribution in [1.82, 2.24) is 14.9 Å². The SMILES string of the molecule is CC(C)(C)OC(=O)N1[C@H]2CC[C@@H]1[C@@H](c1cncc(-c3cccc(Br)n3)c1)C2. The standard InChI is InChI=1S/C21H24BrN3O2/c1-21(2,3)27-20(26)25-15-7-8-18(25)16(10-15)13-9-14(12-23-11-13)17-5-4-6-19(22)24-17/h4-6,9,11-12,15-16,18H,7-8,10H2,1-3H3/t15-,16+,18+/m0/s1. The average molecular weight is 430 g/mol. The number of carbonyl (C=O) groups excluding carboxylic acids is 1. The maximum absolute atomic E-state index is 12.7. The van der Waals surface area contributed by atoms with Gasteiger partial charge in [-0.2, -0.15) is 0 Å². The maximum Gasteiger partial charge on any atom is 0.410 e. The molecule has 0 spiro atoms. The number of carbonyl (C=O) groups is 1. The van der Waals surface area contributed by atoms with Crippen molar-refractivity contribution >= 4 is 22.0 Å². The van der Waals surface area contributed by atoms with E-state index in [1.54, 1.807) is 0 Å². The summed E-state index contributed by atoms with van der Waals surface area (Å²) in [5.74, 6) is 0.302. The van der Waals surface area contributed by atoms with Gasteiger partial charge in [0.1, 0.15) is 10.2 Å². The molecule has 2 aliphatic rings. The quantitative estimate of drug-likeness (QED) is 0.618. The van der Waals surface area contributed by atoms with Crippen LogP contribution in [0.1, 0.15) is 51.5 Å². The molecular formula is C21H24BrN3O2. The summed E-state index contributed by atoms with van der Waals surface area (Å²) < 4.78 is 6.46. The van der Waals surface area contributed by atoms with Gasteiger partial charge >= 0.3 is 6.09 Å². The number of amides is 1. The summed E-state index contributed by atoms with van der Waals surface area (Å²) in [7, 11) is 0.